The summed E-state index contributed by atoms with van der Waals surface area (Å²) in [6.45, 7) is 0. The number of nitrogens with two attached hydrogens (primary N) is 1. The topological polar surface area (TPSA) is 102 Å². The lowest BCUT2D eigenvalue weighted by atomic mass is 9.88. The Morgan fingerprint density at radius 1 is 1.41 bits per heavy atom. The molecule has 0 aromatic carbocycles. The average Bonchev–Trinajstić information content (AvgIpc) is 3.35. The zero-order valence-corrected chi connectivity index (χ0v) is 12.4. The molecular weight excluding hydrogens is 282 g/mol. The van der Waals surface area contributed by atoms with Gasteiger partial charge in [0.1, 0.15) is 5.76 Å². The van der Waals surface area contributed by atoms with Gasteiger partial charge in [-0.25, -0.2) is 15.8 Å². The molecule has 7 heteroatoms. The average molecular weight is 301 g/mol. The van der Waals surface area contributed by atoms with Crippen molar-refractivity contribution in [3.63, 3.8) is 0 Å². The van der Waals surface area contributed by atoms with Gasteiger partial charge in [-0.2, -0.15) is 0 Å². The third-order valence-corrected chi connectivity index (χ3v) is 4.21. The number of hydrogen-bond acceptors (Lipinski definition) is 6. The number of allylic oxidation sites excluding steroid dienone is 3. The number of nitrogen functional groups attached to an aromatic ring is 1. The fourth-order valence-electron chi connectivity index (χ4n) is 2.83. The van der Waals surface area contributed by atoms with Gasteiger partial charge in [0.25, 0.3) is 5.91 Å². The molecular formula is C15H19N5O2. The number of nitrogens with zero attached hydrogens (tertiary/aromatic N) is 2. The van der Waals surface area contributed by atoms with E-state index in [1.165, 1.54) is 12.4 Å². The number of ether oxygens (including phenoxy) is 1. The van der Waals surface area contributed by atoms with E-state index in [9.17, 15) is 4.79 Å². The van der Waals surface area contributed by atoms with Crippen LogP contribution >= 0.6 is 0 Å². The lowest BCUT2D eigenvalue weighted by Gasteiger charge is -2.30. The monoisotopic (exact) mass is 301 g/mol. The summed E-state index contributed by atoms with van der Waals surface area (Å²) in [6.07, 6.45) is 12.1. The zero-order chi connectivity index (χ0) is 15.6. The van der Waals surface area contributed by atoms with Gasteiger partial charge in [-0.05, 0) is 25.3 Å². The summed E-state index contributed by atoms with van der Waals surface area (Å²) < 4.78 is 5.50. The minimum atomic E-state index is -0.408. The van der Waals surface area contributed by atoms with Crippen LogP contribution in [0.4, 0.5) is 5.95 Å². The first kappa shape index (κ1) is 14.5. The van der Waals surface area contributed by atoms with Gasteiger partial charge in [-0.1, -0.05) is 12.2 Å². The quantitative estimate of drug-likeness (QED) is 0.428. The molecule has 3 rings (SSSR count). The van der Waals surface area contributed by atoms with Crippen molar-refractivity contribution < 1.29 is 9.53 Å². The molecule has 1 amide bonds. The van der Waals surface area contributed by atoms with Gasteiger partial charge in [0, 0.05) is 18.3 Å². The molecule has 1 fully saturated rings. The Kier molecular flexibility index (Phi) is 3.81. The fraction of sp³-hybridized carbons (Fsp3) is 0.400. The van der Waals surface area contributed by atoms with Crippen molar-refractivity contribution in [2.24, 2.45) is 11.8 Å². The molecule has 2 aliphatic rings. The highest BCUT2D eigenvalue weighted by atomic mass is 16.5. The summed E-state index contributed by atoms with van der Waals surface area (Å²) in [5.74, 6) is 6.44. The van der Waals surface area contributed by atoms with Crippen molar-refractivity contribution >= 4 is 11.9 Å². The van der Waals surface area contributed by atoms with E-state index in [-0.39, 0.29) is 11.5 Å². The molecule has 2 aliphatic carbocycles. The lowest BCUT2D eigenvalue weighted by Crippen LogP contribution is -2.34. The molecule has 0 saturated heterocycles. The van der Waals surface area contributed by atoms with Gasteiger partial charge in [0.05, 0.1) is 18.2 Å². The Bertz CT molecular complexity index is 619. The summed E-state index contributed by atoms with van der Waals surface area (Å²) in [7, 11) is 1.70. The molecule has 1 heterocycles. The number of rotatable bonds is 5. The summed E-state index contributed by atoms with van der Waals surface area (Å²) in [4.78, 5) is 19.8. The van der Waals surface area contributed by atoms with E-state index >= 15 is 0 Å². The maximum absolute atomic E-state index is 11.4. The highest BCUT2D eigenvalue weighted by Crippen LogP contribution is 2.50. The zero-order valence-electron chi connectivity index (χ0n) is 12.4. The van der Waals surface area contributed by atoms with E-state index in [0.717, 1.165) is 25.0 Å². The van der Waals surface area contributed by atoms with E-state index < -0.39 is 5.91 Å². The van der Waals surface area contributed by atoms with Crippen molar-refractivity contribution in [3.05, 3.63) is 41.9 Å². The Balaban J connectivity index is 1.74. The minimum Gasteiger partial charge on any atom is -0.501 e. The van der Waals surface area contributed by atoms with Crippen LogP contribution in [0.1, 0.15) is 29.6 Å². The molecule has 1 atom stereocenters. The van der Waals surface area contributed by atoms with Crippen molar-refractivity contribution in [1.29, 1.82) is 0 Å². The molecule has 0 aliphatic heterocycles. The van der Waals surface area contributed by atoms with Gasteiger partial charge in [-0.15, -0.1) is 0 Å². The number of hydrazine groups is 1. The van der Waals surface area contributed by atoms with Gasteiger partial charge >= 0.3 is 0 Å². The molecule has 0 spiro atoms. The number of aromatic nitrogens is 2. The summed E-state index contributed by atoms with van der Waals surface area (Å²) >= 11 is 0. The first-order chi connectivity index (χ1) is 10.7. The fourth-order valence-corrected chi connectivity index (χ4v) is 2.83. The highest BCUT2D eigenvalue weighted by molar-refractivity contribution is 5.93. The molecule has 116 valence electrons. The number of methoxy groups -OCH3 is 1. The van der Waals surface area contributed by atoms with E-state index in [2.05, 4.69) is 26.8 Å². The molecule has 7 nitrogen and oxygen atoms in total. The Labute approximate surface area is 128 Å². The normalized spacial score (nSPS) is 21.7. The van der Waals surface area contributed by atoms with Gasteiger partial charge < -0.3 is 10.1 Å². The van der Waals surface area contributed by atoms with Gasteiger partial charge in [0.15, 0.2) is 0 Å². The smallest absolute Gasteiger partial charge is 0.268 e. The Morgan fingerprint density at radius 3 is 2.73 bits per heavy atom. The Morgan fingerprint density at radius 2 is 2.14 bits per heavy atom. The standard InChI is InChI=1S/C15H19N5O2/c1-22-12-5-3-2-4-11(12)15(6-7-15)19-14-17-8-10(9-18-14)13(21)20-16/h2-3,5,8-9,11H,4,6-7,16H2,1H3,(H,20,21)(H,17,18,19). The third kappa shape index (κ3) is 2.67. The SMILES string of the molecule is COC1=CC=CCC1C1(Nc2ncc(C(=O)NN)cn2)CC1. The van der Waals surface area contributed by atoms with E-state index in [1.807, 2.05) is 12.2 Å². The number of nitrogens with one attached hydrogen (secondary N) is 2. The molecule has 22 heavy (non-hydrogen) atoms. The maximum Gasteiger partial charge on any atom is 0.268 e. The van der Waals surface area contributed by atoms with Crippen LogP contribution in [0.25, 0.3) is 0 Å². The molecule has 1 aromatic rings. The van der Waals surface area contributed by atoms with Crippen LogP contribution in [0.5, 0.6) is 0 Å². The summed E-state index contributed by atoms with van der Waals surface area (Å²) in [6, 6.07) is 0. The predicted molar refractivity (Wildman–Crippen MR) is 81.6 cm³/mol. The van der Waals surface area contributed by atoms with Crippen LogP contribution in [0.2, 0.25) is 0 Å². The second kappa shape index (κ2) is 5.76. The molecule has 1 unspecified atom stereocenters. The maximum atomic E-state index is 11.4. The number of anilines is 1. The summed E-state index contributed by atoms with van der Waals surface area (Å²) in [5.41, 5.74) is 2.32. The molecule has 0 radical (unpaired) electrons. The summed E-state index contributed by atoms with van der Waals surface area (Å²) in [5, 5.41) is 3.41. The van der Waals surface area contributed by atoms with E-state index in [4.69, 9.17) is 10.6 Å². The minimum absolute atomic E-state index is 0.0652. The second-order valence-electron chi connectivity index (χ2n) is 5.54. The molecule has 4 N–H and O–H groups in total. The number of amides is 1. The van der Waals surface area contributed by atoms with Crippen LogP contribution in [0.15, 0.2) is 36.4 Å². The first-order valence-electron chi connectivity index (χ1n) is 7.20. The van der Waals surface area contributed by atoms with Crippen molar-refractivity contribution in [2.75, 3.05) is 12.4 Å². The second-order valence-corrected chi connectivity index (χ2v) is 5.54. The van der Waals surface area contributed by atoms with Crippen LogP contribution in [-0.2, 0) is 4.74 Å². The van der Waals surface area contributed by atoms with E-state index in [1.54, 1.807) is 7.11 Å². The molecule has 1 saturated carbocycles. The Hall–Kier alpha value is -2.41. The van der Waals surface area contributed by atoms with E-state index in [0.29, 0.717) is 11.5 Å². The number of hydrogen-bond donors (Lipinski definition) is 3. The number of carbonyl (C=O) groups excluding carboxylic acids is 1. The highest BCUT2D eigenvalue weighted by Gasteiger charge is 2.51. The number of carbonyl (C=O) groups is 1. The van der Waals surface area contributed by atoms with Crippen molar-refractivity contribution in [3.8, 4) is 0 Å². The van der Waals surface area contributed by atoms with Crippen LogP contribution < -0.4 is 16.6 Å². The van der Waals surface area contributed by atoms with Crippen LogP contribution in [0, 0.1) is 5.92 Å². The first-order valence-corrected chi connectivity index (χ1v) is 7.20. The third-order valence-electron chi connectivity index (χ3n) is 4.21. The van der Waals surface area contributed by atoms with Crippen molar-refractivity contribution in [2.45, 2.75) is 24.8 Å². The van der Waals surface area contributed by atoms with Crippen LogP contribution in [-0.4, -0.2) is 28.5 Å². The predicted octanol–water partition coefficient (Wildman–Crippen LogP) is 1.13. The van der Waals surface area contributed by atoms with Crippen LogP contribution in [0.3, 0.4) is 0 Å². The molecule has 1 aromatic heterocycles. The van der Waals surface area contributed by atoms with Crippen molar-refractivity contribution in [1.82, 2.24) is 15.4 Å². The largest absolute Gasteiger partial charge is 0.501 e. The van der Waals surface area contributed by atoms with Gasteiger partial charge in [0.2, 0.25) is 5.95 Å². The van der Waals surface area contributed by atoms with Gasteiger partial charge in [-0.3, -0.25) is 10.2 Å². The lowest BCUT2D eigenvalue weighted by molar-refractivity contribution is 0.0953. The molecule has 0 bridgehead atoms.